The van der Waals surface area contributed by atoms with Crippen LogP contribution in [0.5, 0.6) is 0 Å². The second kappa shape index (κ2) is 11.3. The fraction of sp³-hybridized carbons (Fsp3) is 0.579. The number of rotatable bonds is 11. The Morgan fingerprint density at radius 1 is 1.07 bits per heavy atom. The van der Waals surface area contributed by atoms with E-state index in [4.69, 9.17) is 11.6 Å². The SMILES string of the molecule is CCCCCCCC(=O)c1cc(S(=O)(=O)N(C)C(=O)NCCC)ccc1Cl. The lowest BCUT2D eigenvalue weighted by atomic mass is 10.0. The molecule has 0 fully saturated rings. The van der Waals surface area contributed by atoms with Crippen LogP contribution >= 0.6 is 11.6 Å². The van der Waals surface area contributed by atoms with Gasteiger partial charge in [-0.3, -0.25) is 4.79 Å². The van der Waals surface area contributed by atoms with Crippen LogP contribution < -0.4 is 5.32 Å². The van der Waals surface area contributed by atoms with Crippen LogP contribution in [0.3, 0.4) is 0 Å². The van der Waals surface area contributed by atoms with Gasteiger partial charge in [0.25, 0.3) is 10.0 Å². The number of sulfonamides is 1. The molecule has 1 aromatic carbocycles. The summed E-state index contributed by atoms with van der Waals surface area (Å²) in [6, 6.07) is 3.24. The predicted molar refractivity (Wildman–Crippen MR) is 108 cm³/mol. The molecule has 8 heteroatoms. The lowest BCUT2D eigenvalue weighted by molar-refractivity contribution is 0.0979. The molecule has 0 radical (unpaired) electrons. The maximum Gasteiger partial charge on any atom is 0.331 e. The fourth-order valence-corrected chi connectivity index (χ4v) is 3.84. The summed E-state index contributed by atoms with van der Waals surface area (Å²) in [5.41, 5.74) is 0.176. The molecule has 0 unspecified atom stereocenters. The van der Waals surface area contributed by atoms with Crippen LogP contribution in [0.15, 0.2) is 23.1 Å². The topological polar surface area (TPSA) is 83.6 Å². The van der Waals surface area contributed by atoms with Crippen molar-refractivity contribution in [1.82, 2.24) is 9.62 Å². The first-order valence-corrected chi connectivity index (χ1v) is 11.2. The Balaban J connectivity index is 2.93. The quantitative estimate of drug-likeness (QED) is 0.421. The molecule has 0 aliphatic heterocycles. The summed E-state index contributed by atoms with van der Waals surface area (Å²) in [4.78, 5) is 24.3. The molecule has 1 N–H and O–H groups in total. The van der Waals surface area contributed by atoms with Crippen molar-refractivity contribution in [3.8, 4) is 0 Å². The number of halogens is 1. The van der Waals surface area contributed by atoms with Crippen LogP contribution in [0.2, 0.25) is 5.02 Å². The zero-order chi connectivity index (χ0) is 20.4. The Bertz CT molecular complexity index is 750. The third-order valence-corrected chi connectivity index (χ3v) is 6.28. The molecular formula is C19H29ClN2O4S. The van der Waals surface area contributed by atoms with Gasteiger partial charge in [-0.2, -0.15) is 0 Å². The molecule has 0 aliphatic carbocycles. The van der Waals surface area contributed by atoms with Gasteiger partial charge in [-0.25, -0.2) is 17.5 Å². The van der Waals surface area contributed by atoms with Crippen molar-refractivity contribution in [2.24, 2.45) is 0 Å². The maximum absolute atomic E-state index is 12.7. The molecule has 0 saturated carbocycles. The summed E-state index contributed by atoms with van der Waals surface area (Å²) < 4.78 is 26.0. The number of benzene rings is 1. The van der Waals surface area contributed by atoms with Crippen LogP contribution in [0.25, 0.3) is 0 Å². The van der Waals surface area contributed by atoms with E-state index in [1.807, 2.05) is 6.92 Å². The Labute approximate surface area is 167 Å². The van der Waals surface area contributed by atoms with Crippen molar-refractivity contribution in [3.05, 3.63) is 28.8 Å². The molecule has 27 heavy (non-hydrogen) atoms. The van der Waals surface area contributed by atoms with Gasteiger partial charge < -0.3 is 5.32 Å². The molecular weight excluding hydrogens is 388 g/mol. The van der Waals surface area contributed by atoms with Gasteiger partial charge in [0.15, 0.2) is 5.78 Å². The minimum atomic E-state index is -4.06. The van der Waals surface area contributed by atoms with Crippen molar-refractivity contribution in [1.29, 1.82) is 0 Å². The van der Waals surface area contributed by atoms with Crippen molar-refractivity contribution in [2.75, 3.05) is 13.6 Å². The molecule has 0 aliphatic rings. The van der Waals surface area contributed by atoms with Gasteiger partial charge in [0.1, 0.15) is 0 Å². The smallest absolute Gasteiger partial charge is 0.331 e. The van der Waals surface area contributed by atoms with Gasteiger partial charge in [-0.1, -0.05) is 51.1 Å². The standard InChI is InChI=1S/C19H29ClN2O4S/c1-4-6-7-8-9-10-18(23)16-14-15(11-12-17(16)20)27(25,26)22(3)19(24)21-13-5-2/h11-12,14H,4-10,13H2,1-3H3,(H,21,24). The van der Waals surface area contributed by atoms with Crippen LogP contribution in [0.1, 0.15) is 69.2 Å². The second-order valence-electron chi connectivity index (χ2n) is 6.43. The number of hydrogen-bond donors (Lipinski definition) is 1. The zero-order valence-corrected chi connectivity index (χ0v) is 17.8. The third-order valence-electron chi connectivity index (χ3n) is 4.22. The molecule has 0 bridgehead atoms. The zero-order valence-electron chi connectivity index (χ0n) is 16.3. The fourth-order valence-electron chi connectivity index (χ4n) is 2.51. The van der Waals surface area contributed by atoms with E-state index < -0.39 is 16.1 Å². The highest BCUT2D eigenvalue weighted by Gasteiger charge is 2.26. The lowest BCUT2D eigenvalue weighted by Crippen LogP contribution is -2.41. The number of ketones is 1. The van der Waals surface area contributed by atoms with Crippen LogP contribution in [0, 0.1) is 0 Å². The summed E-state index contributed by atoms with van der Waals surface area (Å²) in [6.07, 6.45) is 6.04. The number of unbranched alkanes of at least 4 members (excludes halogenated alkanes) is 4. The first-order valence-electron chi connectivity index (χ1n) is 9.35. The Morgan fingerprint density at radius 3 is 2.37 bits per heavy atom. The van der Waals surface area contributed by atoms with Crippen molar-refractivity contribution in [3.63, 3.8) is 0 Å². The third kappa shape index (κ3) is 6.81. The van der Waals surface area contributed by atoms with E-state index in [-0.39, 0.29) is 21.3 Å². The molecule has 0 spiro atoms. The number of carbonyl (C=O) groups excluding carboxylic acids is 2. The van der Waals surface area contributed by atoms with Gasteiger partial charge in [0.05, 0.1) is 9.92 Å². The minimum Gasteiger partial charge on any atom is -0.337 e. The monoisotopic (exact) mass is 416 g/mol. The number of nitrogens with one attached hydrogen (secondary N) is 1. The average molecular weight is 417 g/mol. The van der Waals surface area contributed by atoms with Gasteiger partial charge in [-0.15, -0.1) is 0 Å². The Hall–Kier alpha value is -1.60. The number of urea groups is 1. The van der Waals surface area contributed by atoms with E-state index in [0.717, 1.165) is 32.1 Å². The van der Waals surface area contributed by atoms with Gasteiger partial charge in [0, 0.05) is 25.6 Å². The van der Waals surface area contributed by atoms with Crippen molar-refractivity contribution < 1.29 is 18.0 Å². The van der Waals surface area contributed by atoms with Gasteiger partial charge in [0.2, 0.25) is 0 Å². The Kier molecular flexibility index (Phi) is 9.80. The summed E-state index contributed by atoms with van der Waals surface area (Å²) in [5, 5.41) is 2.73. The summed E-state index contributed by atoms with van der Waals surface area (Å²) in [5.74, 6) is -0.188. The molecule has 152 valence electrons. The largest absolute Gasteiger partial charge is 0.337 e. The minimum absolute atomic E-state index is 0.129. The van der Waals surface area contributed by atoms with Crippen LogP contribution in [0.4, 0.5) is 4.79 Å². The van der Waals surface area contributed by atoms with Gasteiger partial charge >= 0.3 is 6.03 Å². The number of Topliss-reactive ketones (excluding diaryl/α,β-unsaturated/α-hetero) is 1. The Morgan fingerprint density at radius 2 is 1.74 bits per heavy atom. The normalized spacial score (nSPS) is 11.3. The van der Waals surface area contributed by atoms with Crippen LogP contribution in [-0.2, 0) is 10.0 Å². The molecule has 2 amide bonds. The highest BCUT2D eigenvalue weighted by atomic mass is 35.5. The predicted octanol–water partition coefficient (Wildman–Crippen LogP) is 4.62. The maximum atomic E-state index is 12.7. The summed E-state index contributed by atoms with van der Waals surface area (Å²) in [6.45, 7) is 4.37. The van der Waals surface area contributed by atoms with E-state index >= 15 is 0 Å². The summed E-state index contributed by atoms with van der Waals surface area (Å²) >= 11 is 6.11. The highest BCUT2D eigenvalue weighted by Crippen LogP contribution is 2.24. The molecule has 6 nitrogen and oxygen atoms in total. The molecule has 0 saturated heterocycles. The van der Waals surface area contributed by atoms with Crippen molar-refractivity contribution >= 4 is 33.4 Å². The molecule has 0 heterocycles. The number of nitrogens with zero attached hydrogens (tertiary/aromatic N) is 1. The summed E-state index contributed by atoms with van der Waals surface area (Å²) in [7, 11) is -2.88. The average Bonchev–Trinajstić information content (AvgIpc) is 2.65. The lowest BCUT2D eigenvalue weighted by Gasteiger charge is -2.18. The van der Waals surface area contributed by atoms with E-state index in [2.05, 4.69) is 12.2 Å². The van der Waals surface area contributed by atoms with Gasteiger partial charge in [-0.05, 0) is 31.0 Å². The van der Waals surface area contributed by atoms with Crippen molar-refractivity contribution in [2.45, 2.75) is 63.7 Å². The van der Waals surface area contributed by atoms with E-state index in [1.165, 1.54) is 25.2 Å². The first kappa shape index (κ1) is 23.4. The van der Waals surface area contributed by atoms with E-state index in [9.17, 15) is 18.0 Å². The van der Waals surface area contributed by atoms with Crippen LogP contribution in [-0.4, -0.2) is 38.1 Å². The van der Waals surface area contributed by atoms with E-state index in [1.54, 1.807) is 0 Å². The molecule has 1 rings (SSSR count). The second-order valence-corrected chi connectivity index (χ2v) is 8.81. The molecule has 0 atom stereocenters. The number of amides is 2. The highest BCUT2D eigenvalue weighted by molar-refractivity contribution is 7.89. The van der Waals surface area contributed by atoms with E-state index in [0.29, 0.717) is 23.7 Å². The molecule has 0 aromatic heterocycles. The first-order chi connectivity index (χ1) is 12.8. The molecule has 1 aromatic rings. The number of carbonyl (C=O) groups is 2. The number of hydrogen-bond acceptors (Lipinski definition) is 4.